The van der Waals surface area contributed by atoms with Crippen molar-refractivity contribution in [1.82, 2.24) is 10.2 Å². The van der Waals surface area contributed by atoms with Gasteiger partial charge in [-0.25, -0.2) is 4.39 Å². The fourth-order valence-electron chi connectivity index (χ4n) is 4.23. The Kier molecular flexibility index (Phi) is 4.88. The van der Waals surface area contributed by atoms with Crippen molar-refractivity contribution in [2.75, 3.05) is 32.7 Å². The maximum Gasteiger partial charge on any atom is 0.141 e. The number of nitrogens with zero attached hydrogens (tertiary/aromatic N) is 2. The fourth-order valence-corrected chi connectivity index (χ4v) is 4.57. The van der Waals surface area contributed by atoms with E-state index in [2.05, 4.69) is 16.3 Å². The van der Waals surface area contributed by atoms with Crippen LogP contribution in [0.2, 0.25) is 0 Å². The Hall–Kier alpha value is -1.67. The molecule has 136 valence electrons. The number of nitrogens with one attached hydrogen (secondary N) is 1. The normalized spacial score (nSPS) is 22.7. The van der Waals surface area contributed by atoms with Crippen LogP contribution in [0.3, 0.4) is 0 Å². The van der Waals surface area contributed by atoms with Gasteiger partial charge in [-0.2, -0.15) is 5.26 Å². The van der Waals surface area contributed by atoms with Gasteiger partial charge in [0.25, 0.3) is 0 Å². The second-order valence-corrected chi connectivity index (χ2v) is 8.14. The minimum absolute atomic E-state index is 0.0678. The third-order valence-electron chi connectivity index (χ3n) is 6.07. The molecule has 2 heterocycles. The lowest BCUT2D eigenvalue weighted by molar-refractivity contribution is 0.0593. The van der Waals surface area contributed by atoms with E-state index in [1.807, 2.05) is 6.07 Å². The van der Waals surface area contributed by atoms with Crippen molar-refractivity contribution < 1.29 is 4.39 Å². The summed E-state index contributed by atoms with van der Waals surface area (Å²) in [6, 6.07) is 6.60. The molecular weight excluding hydrogens is 349 g/mol. The number of benzene rings is 1. The zero-order valence-electron chi connectivity index (χ0n) is 14.8. The Morgan fingerprint density at radius 2 is 2.04 bits per heavy atom. The summed E-state index contributed by atoms with van der Waals surface area (Å²) >= 11 is 6.71. The van der Waals surface area contributed by atoms with Gasteiger partial charge in [0.15, 0.2) is 0 Å². The first-order chi connectivity index (χ1) is 12.6. The van der Waals surface area contributed by atoms with Crippen LogP contribution in [-0.4, -0.2) is 37.6 Å². The lowest BCUT2D eigenvalue weighted by Gasteiger charge is -2.48. The van der Waals surface area contributed by atoms with Crippen molar-refractivity contribution in [3.05, 3.63) is 51.8 Å². The van der Waals surface area contributed by atoms with E-state index in [4.69, 9.17) is 16.9 Å². The number of rotatable bonds is 3. The molecule has 26 heavy (non-hydrogen) atoms. The molecule has 2 aliphatic heterocycles. The molecule has 0 amide bonds. The maximum atomic E-state index is 14.0. The van der Waals surface area contributed by atoms with Crippen molar-refractivity contribution in [2.24, 2.45) is 5.41 Å². The smallest absolute Gasteiger partial charge is 0.141 e. The largest absolute Gasteiger partial charge is 0.316 e. The third kappa shape index (κ3) is 3.32. The van der Waals surface area contributed by atoms with Gasteiger partial charge in [0.2, 0.25) is 0 Å². The highest BCUT2D eigenvalue weighted by Crippen LogP contribution is 2.38. The number of hydrogen-bond donors (Lipinski definition) is 1. The Labute approximate surface area is 159 Å². The third-order valence-corrected chi connectivity index (χ3v) is 6.54. The van der Waals surface area contributed by atoms with Crippen molar-refractivity contribution in [3.63, 3.8) is 0 Å². The summed E-state index contributed by atoms with van der Waals surface area (Å²) < 4.78 is 14.0. The number of nitriles is 1. The minimum atomic E-state index is -0.488. The zero-order valence-corrected chi connectivity index (χ0v) is 15.6. The van der Waals surface area contributed by atoms with Gasteiger partial charge in [-0.05, 0) is 73.0 Å². The van der Waals surface area contributed by atoms with Crippen molar-refractivity contribution in [2.45, 2.75) is 25.7 Å². The van der Waals surface area contributed by atoms with Gasteiger partial charge in [0, 0.05) is 24.7 Å². The highest BCUT2D eigenvalue weighted by Gasteiger charge is 2.39. The second-order valence-electron chi connectivity index (χ2n) is 7.76. The van der Waals surface area contributed by atoms with E-state index in [0.717, 1.165) is 48.6 Å². The molecule has 3 nitrogen and oxygen atoms in total. The van der Waals surface area contributed by atoms with Gasteiger partial charge in [0.1, 0.15) is 11.9 Å². The highest BCUT2D eigenvalue weighted by atomic mass is 35.5. The summed E-state index contributed by atoms with van der Waals surface area (Å²) in [5.41, 5.74) is 3.51. The van der Waals surface area contributed by atoms with Crippen LogP contribution >= 0.6 is 11.6 Å². The van der Waals surface area contributed by atoms with Crippen LogP contribution in [0.15, 0.2) is 34.9 Å². The first-order valence-corrected chi connectivity index (χ1v) is 9.69. The summed E-state index contributed by atoms with van der Waals surface area (Å²) in [4.78, 5) is 2.50. The number of halogens is 2. The highest BCUT2D eigenvalue weighted by molar-refractivity contribution is 6.37. The van der Waals surface area contributed by atoms with E-state index in [1.54, 1.807) is 6.07 Å². The van der Waals surface area contributed by atoms with E-state index in [-0.39, 0.29) is 5.56 Å². The van der Waals surface area contributed by atoms with Gasteiger partial charge >= 0.3 is 0 Å². The van der Waals surface area contributed by atoms with E-state index in [0.29, 0.717) is 5.41 Å². The first kappa shape index (κ1) is 17.7. The Balaban J connectivity index is 1.48. The topological polar surface area (TPSA) is 39.1 Å². The zero-order chi connectivity index (χ0) is 18.1. The number of piperidine rings is 1. The molecule has 5 heteroatoms. The van der Waals surface area contributed by atoms with E-state index in [1.165, 1.54) is 43.6 Å². The molecule has 4 rings (SSSR count). The Morgan fingerprint density at radius 1 is 1.27 bits per heavy atom. The van der Waals surface area contributed by atoms with Crippen LogP contribution in [-0.2, 0) is 0 Å². The van der Waals surface area contributed by atoms with Crippen LogP contribution in [0.4, 0.5) is 4.39 Å². The standard InChI is InChI=1S/C21H23ClFN3/c22-20-17(12-26-8-6-21(7-9-26)13-25-14-21)2-1-3-18(20)15-4-5-16(11-24)19(23)10-15/h3-5,10,25H,1-2,6-9,12-14H2. The van der Waals surface area contributed by atoms with Gasteiger partial charge in [-0.15, -0.1) is 0 Å². The monoisotopic (exact) mass is 371 g/mol. The fraction of sp³-hybridized carbons (Fsp3) is 0.476. The minimum Gasteiger partial charge on any atom is -0.316 e. The van der Waals surface area contributed by atoms with E-state index in [9.17, 15) is 4.39 Å². The number of hydrogen-bond acceptors (Lipinski definition) is 3. The predicted octanol–water partition coefficient (Wildman–Crippen LogP) is 4.05. The van der Waals surface area contributed by atoms with Gasteiger partial charge in [-0.1, -0.05) is 23.7 Å². The van der Waals surface area contributed by atoms with Crippen molar-refractivity contribution in [3.8, 4) is 6.07 Å². The molecule has 1 aliphatic carbocycles. The van der Waals surface area contributed by atoms with Crippen LogP contribution in [0.5, 0.6) is 0 Å². The van der Waals surface area contributed by atoms with E-state index >= 15 is 0 Å². The van der Waals surface area contributed by atoms with Crippen LogP contribution in [0.1, 0.15) is 36.8 Å². The molecule has 1 spiro atoms. The molecule has 2 saturated heterocycles. The van der Waals surface area contributed by atoms with Gasteiger partial charge < -0.3 is 5.32 Å². The SMILES string of the molecule is N#Cc1ccc(C2=CCCC(CN3CCC4(CC3)CNC4)=C2Cl)cc1F. The molecule has 0 unspecified atom stereocenters. The summed E-state index contributed by atoms with van der Waals surface area (Å²) in [7, 11) is 0. The van der Waals surface area contributed by atoms with E-state index < -0.39 is 5.82 Å². The molecular formula is C21H23ClFN3. The van der Waals surface area contributed by atoms with Crippen LogP contribution in [0, 0.1) is 22.6 Å². The lowest BCUT2D eigenvalue weighted by Crippen LogP contribution is -2.58. The average molecular weight is 372 g/mol. The summed E-state index contributed by atoms with van der Waals surface area (Å²) in [6.45, 7) is 5.49. The van der Waals surface area contributed by atoms with Crippen LogP contribution < -0.4 is 5.32 Å². The average Bonchev–Trinajstić information content (AvgIpc) is 2.63. The lowest BCUT2D eigenvalue weighted by atomic mass is 9.73. The molecule has 1 aromatic carbocycles. The quantitative estimate of drug-likeness (QED) is 0.871. The predicted molar refractivity (Wildman–Crippen MR) is 102 cm³/mol. The molecule has 3 aliphatic rings. The van der Waals surface area contributed by atoms with Crippen LogP contribution in [0.25, 0.3) is 5.57 Å². The second kappa shape index (κ2) is 7.15. The molecule has 1 aromatic rings. The first-order valence-electron chi connectivity index (χ1n) is 9.31. The molecule has 2 fully saturated rings. The maximum absolute atomic E-state index is 14.0. The summed E-state index contributed by atoms with van der Waals surface area (Å²) in [5, 5.41) is 13.1. The number of allylic oxidation sites excluding steroid dienone is 3. The molecule has 0 bridgehead atoms. The molecule has 0 aromatic heterocycles. The molecule has 0 atom stereocenters. The van der Waals surface area contributed by atoms with Crippen molar-refractivity contribution in [1.29, 1.82) is 5.26 Å². The van der Waals surface area contributed by atoms with Gasteiger partial charge in [0.05, 0.1) is 5.56 Å². The number of likely N-dealkylation sites (tertiary alicyclic amines) is 1. The van der Waals surface area contributed by atoms with Gasteiger partial charge in [-0.3, -0.25) is 4.90 Å². The summed E-state index contributed by atoms with van der Waals surface area (Å²) in [6.07, 6.45) is 6.48. The molecule has 0 radical (unpaired) electrons. The Bertz CT molecular complexity index is 807. The Morgan fingerprint density at radius 3 is 2.65 bits per heavy atom. The molecule has 1 N–H and O–H groups in total. The van der Waals surface area contributed by atoms with Crippen molar-refractivity contribution >= 4 is 17.2 Å². The molecule has 0 saturated carbocycles. The summed E-state index contributed by atoms with van der Waals surface area (Å²) in [5.74, 6) is -0.488.